The molecular formula is C19H18ClN5O. The number of anilines is 1. The highest BCUT2D eigenvalue weighted by atomic mass is 35.5. The van der Waals surface area contributed by atoms with Gasteiger partial charge in [0.05, 0.1) is 23.1 Å². The minimum absolute atomic E-state index is 0.218. The molecule has 0 saturated heterocycles. The van der Waals surface area contributed by atoms with Crippen molar-refractivity contribution in [2.75, 3.05) is 5.32 Å². The van der Waals surface area contributed by atoms with E-state index in [9.17, 15) is 4.79 Å². The summed E-state index contributed by atoms with van der Waals surface area (Å²) in [6, 6.07) is 9.75. The highest BCUT2D eigenvalue weighted by molar-refractivity contribution is 6.39. The van der Waals surface area contributed by atoms with Gasteiger partial charge in [-0.2, -0.15) is 5.10 Å². The largest absolute Gasteiger partial charge is 0.338 e. The molecule has 4 rings (SSSR count). The van der Waals surface area contributed by atoms with Crippen LogP contribution in [0.3, 0.4) is 0 Å². The monoisotopic (exact) mass is 367 g/mol. The lowest BCUT2D eigenvalue weighted by molar-refractivity contribution is 0.102. The first-order valence-electron chi connectivity index (χ1n) is 8.35. The number of halogens is 1. The van der Waals surface area contributed by atoms with E-state index >= 15 is 0 Å². The molecule has 0 saturated carbocycles. The maximum atomic E-state index is 12.8. The lowest BCUT2D eigenvalue weighted by Crippen LogP contribution is -2.16. The summed E-state index contributed by atoms with van der Waals surface area (Å²) in [6.07, 6.45) is 3.39. The molecular weight excluding hydrogens is 350 g/mol. The second-order valence-electron chi connectivity index (χ2n) is 6.51. The Morgan fingerprint density at radius 1 is 1.23 bits per heavy atom. The Bertz CT molecular complexity index is 1100. The van der Waals surface area contributed by atoms with E-state index in [2.05, 4.69) is 15.4 Å². The van der Waals surface area contributed by atoms with Crippen molar-refractivity contribution >= 4 is 45.1 Å². The standard InChI is InChI=1S/C19H18ClN5O/c1-11(2)25-18-12(9-22-25)8-13(10-21-18)23-19(26)17-16(20)14-6-4-5-7-15(14)24(17)3/h4-11H,1-3H3,(H,23,26). The first kappa shape index (κ1) is 16.6. The number of nitrogens with one attached hydrogen (secondary N) is 1. The fourth-order valence-corrected chi connectivity index (χ4v) is 3.55. The van der Waals surface area contributed by atoms with Crippen molar-refractivity contribution in [3.63, 3.8) is 0 Å². The van der Waals surface area contributed by atoms with Gasteiger partial charge in [-0.25, -0.2) is 9.67 Å². The number of aromatic nitrogens is 4. The molecule has 7 heteroatoms. The number of benzene rings is 1. The van der Waals surface area contributed by atoms with Crippen LogP contribution in [0.5, 0.6) is 0 Å². The molecule has 6 nitrogen and oxygen atoms in total. The highest BCUT2D eigenvalue weighted by Crippen LogP contribution is 2.30. The van der Waals surface area contributed by atoms with Crippen LogP contribution >= 0.6 is 11.6 Å². The van der Waals surface area contributed by atoms with Crippen LogP contribution in [0.25, 0.3) is 21.9 Å². The second-order valence-corrected chi connectivity index (χ2v) is 6.89. The van der Waals surface area contributed by atoms with E-state index in [-0.39, 0.29) is 11.9 Å². The van der Waals surface area contributed by atoms with E-state index in [0.29, 0.717) is 16.4 Å². The van der Waals surface area contributed by atoms with Gasteiger partial charge in [-0.05, 0) is 26.0 Å². The van der Waals surface area contributed by atoms with Crippen LogP contribution in [-0.4, -0.2) is 25.2 Å². The van der Waals surface area contributed by atoms with Gasteiger partial charge in [0, 0.05) is 29.4 Å². The van der Waals surface area contributed by atoms with Crippen LogP contribution in [0.15, 0.2) is 42.7 Å². The Labute approximate surface area is 155 Å². The number of carbonyl (C=O) groups is 1. The third kappa shape index (κ3) is 2.54. The average Bonchev–Trinajstić information content (AvgIpc) is 3.15. The number of hydrogen-bond acceptors (Lipinski definition) is 3. The summed E-state index contributed by atoms with van der Waals surface area (Å²) in [6.45, 7) is 4.09. The van der Waals surface area contributed by atoms with Gasteiger partial charge >= 0.3 is 0 Å². The van der Waals surface area contributed by atoms with Gasteiger partial charge in [0.1, 0.15) is 5.69 Å². The zero-order valence-corrected chi connectivity index (χ0v) is 15.4. The van der Waals surface area contributed by atoms with Crippen molar-refractivity contribution in [3.8, 4) is 0 Å². The lowest BCUT2D eigenvalue weighted by Gasteiger charge is -2.08. The first-order valence-corrected chi connectivity index (χ1v) is 8.72. The summed E-state index contributed by atoms with van der Waals surface area (Å²) in [5, 5.41) is 9.41. The van der Waals surface area contributed by atoms with Crippen molar-refractivity contribution in [1.82, 2.24) is 19.3 Å². The zero-order chi connectivity index (χ0) is 18.4. The summed E-state index contributed by atoms with van der Waals surface area (Å²) >= 11 is 6.45. The van der Waals surface area contributed by atoms with E-state index in [4.69, 9.17) is 11.6 Å². The minimum Gasteiger partial charge on any atom is -0.338 e. The molecule has 26 heavy (non-hydrogen) atoms. The molecule has 4 aromatic rings. The normalized spacial score (nSPS) is 11.6. The molecule has 0 atom stereocenters. The van der Waals surface area contributed by atoms with Crippen molar-refractivity contribution in [2.45, 2.75) is 19.9 Å². The molecule has 1 N–H and O–H groups in total. The van der Waals surface area contributed by atoms with Crippen molar-refractivity contribution in [2.24, 2.45) is 7.05 Å². The fourth-order valence-electron chi connectivity index (χ4n) is 3.18. The average molecular weight is 368 g/mol. The molecule has 3 heterocycles. The summed E-state index contributed by atoms with van der Waals surface area (Å²) in [5.41, 5.74) is 2.73. The van der Waals surface area contributed by atoms with Gasteiger partial charge in [-0.1, -0.05) is 29.8 Å². The number of nitrogens with zero attached hydrogens (tertiary/aromatic N) is 4. The molecule has 1 aromatic carbocycles. The maximum Gasteiger partial charge on any atom is 0.273 e. The minimum atomic E-state index is -0.272. The van der Waals surface area contributed by atoms with Crippen LogP contribution in [0.2, 0.25) is 5.02 Å². The third-order valence-corrected chi connectivity index (χ3v) is 4.82. The second kappa shape index (κ2) is 6.14. The molecule has 132 valence electrons. The Kier molecular flexibility index (Phi) is 3.92. The third-order valence-electron chi connectivity index (χ3n) is 4.44. The van der Waals surface area contributed by atoms with Gasteiger partial charge in [0.15, 0.2) is 5.65 Å². The molecule has 0 radical (unpaired) electrons. The Balaban J connectivity index is 1.70. The molecule has 0 aliphatic carbocycles. The summed E-state index contributed by atoms with van der Waals surface area (Å²) < 4.78 is 3.65. The van der Waals surface area contributed by atoms with Crippen molar-refractivity contribution < 1.29 is 4.79 Å². The summed E-state index contributed by atoms with van der Waals surface area (Å²) in [4.78, 5) is 17.3. The number of hydrogen-bond donors (Lipinski definition) is 1. The number of aryl methyl sites for hydroxylation is 1. The van der Waals surface area contributed by atoms with Crippen molar-refractivity contribution in [1.29, 1.82) is 0 Å². The Morgan fingerprint density at radius 3 is 2.73 bits per heavy atom. The van der Waals surface area contributed by atoms with Gasteiger partial charge < -0.3 is 9.88 Å². The van der Waals surface area contributed by atoms with Crippen LogP contribution in [0.4, 0.5) is 5.69 Å². The Morgan fingerprint density at radius 2 is 2.00 bits per heavy atom. The van der Waals surface area contributed by atoms with E-state index in [1.54, 1.807) is 17.0 Å². The lowest BCUT2D eigenvalue weighted by atomic mass is 10.2. The predicted octanol–water partition coefficient (Wildman–Crippen LogP) is 4.41. The maximum absolute atomic E-state index is 12.8. The fraction of sp³-hybridized carbons (Fsp3) is 0.211. The van der Waals surface area contributed by atoms with Crippen LogP contribution in [-0.2, 0) is 7.05 Å². The van der Waals surface area contributed by atoms with Crippen LogP contribution in [0.1, 0.15) is 30.4 Å². The number of amides is 1. The number of para-hydroxylation sites is 1. The smallest absolute Gasteiger partial charge is 0.273 e. The summed E-state index contributed by atoms with van der Waals surface area (Å²) in [5.74, 6) is -0.272. The van der Waals surface area contributed by atoms with Gasteiger partial charge in [-0.15, -0.1) is 0 Å². The summed E-state index contributed by atoms with van der Waals surface area (Å²) in [7, 11) is 1.83. The SMILES string of the molecule is CC(C)n1ncc2cc(NC(=O)c3c(Cl)c4ccccc4n3C)cnc21. The quantitative estimate of drug-likeness (QED) is 0.583. The molecule has 0 unspecified atom stereocenters. The molecule has 0 spiro atoms. The molecule has 0 bridgehead atoms. The molecule has 1 amide bonds. The Hall–Kier alpha value is -2.86. The topological polar surface area (TPSA) is 64.7 Å². The number of pyridine rings is 1. The number of fused-ring (bicyclic) bond motifs is 2. The van der Waals surface area contributed by atoms with Crippen LogP contribution < -0.4 is 5.32 Å². The number of rotatable bonds is 3. The van der Waals surface area contributed by atoms with E-state index < -0.39 is 0 Å². The molecule has 3 aromatic heterocycles. The molecule has 0 fully saturated rings. The van der Waals surface area contributed by atoms with Crippen LogP contribution in [0, 0.1) is 0 Å². The van der Waals surface area contributed by atoms with Gasteiger partial charge in [0.2, 0.25) is 0 Å². The van der Waals surface area contributed by atoms with Gasteiger partial charge in [-0.3, -0.25) is 4.79 Å². The molecule has 0 aliphatic rings. The molecule has 0 aliphatic heterocycles. The van der Waals surface area contributed by atoms with E-state index in [1.165, 1.54) is 0 Å². The predicted molar refractivity (Wildman–Crippen MR) is 104 cm³/mol. The number of carbonyl (C=O) groups excluding carboxylic acids is 1. The first-order chi connectivity index (χ1) is 12.5. The van der Waals surface area contributed by atoms with E-state index in [0.717, 1.165) is 21.9 Å². The zero-order valence-electron chi connectivity index (χ0n) is 14.7. The highest BCUT2D eigenvalue weighted by Gasteiger charge is 2.20. The van der Waals surface area contributed by atoms with E-state index in [1.807, 2.05) is 55.9 Å². The van der Waals surface area contributed by atoms with Crippen molar-refractivity contribution in [3.05, 3.63) is 53.4 Å². The van der Waals surface area contributed by atoms with Gasteiger partial charge in [0.25, 0.3) is 5.91 Å².